The second-order valence-corrected chi connectivity index (χ2v) is 5.47. The minimum absolute atomic E-state index is 0.380. The van der Waals surface area contributed by atoms with Crippen molar-refractivity contribution < 1.29 is 5.11 Å². The molecule has 3 aromatic carbocycles. The van der Waals surface area contributed by atoms with Crippen LogP contribution in [0.3, 0.4) is 0 Å². The molecule has 0 radical (unpaired) electrons. The van der Waals surface area contributed by atoms with E-state index in [1.165, 1.54) is 20.9 Å². The van der Waals surface area contributed by atoms with Crippen LogP contribution in [0.4, 0.5) is 0 Å². The maximum absolute atomic E-state index is 10.2. The number of benzene rings is 3. The molecular formula is C16H10OS. The molecule has 0 aliphatic rings. The van der Waals surface area contributed by atoms with Gasteiger partial charge in [0.1, 0.15) is 5.75 Å². The highest BCUT2D eigenvalue weighted by molar-refractivity contribution is 7.26. The molecule has 4 aromatic rings. The summed E-state index contributed by atoms with van der Waals surface area (Å²) in [7, 11) is 0. The van der Waals surface area contributed by atoms with E-state index in [1.54, 1.807) is 11.3 Å². The van der Waals surface area contributed by atoms with Gasteiger partial charge in [-0.15, -0.1) is 11.3 Å². The lowest BCUT2D eigenvalue weighted by molar-refractivity contribution is 0.483. The minimum Gasteiger partial charge on any atom is -0.506 e. The zero-order chi connectivity index (χ0) is 12.1. The molecule has 4 rings (SSSR count). The van der Waals surface area contributed by atoms with E-state index in [4.69, 9.17) is 0 Å². The first kappa shape index (κ1) is 9.92. The largest absolute Gasteiger partial charge is 0.506 e. The summed E-state index contributed by atoms with van der Waals surface area (Å²) in [6.07, 6.45) is 0. The fourth-order valence-corrected chi connectivity index (χ4v) is 3.69. The molecule has 0 bridgehead atoms. The SMILES string of the molecule is Oc1cc2ccccc2c2c1sc1ccccc12. The molecule has 0 aliphatic heterocycles. The van der Waals surface area contributed by atoms with Gasteiger partial charge in [0, 0.05) is 15.5 Å². The van der Waals surface area contributed by atoms with Crippen LogP contribution in [-0.4, -0.2) is 5.11 Å². The van der Waals surface area contributed by atoms with Gasteiger partial charge in [0.25, 0.3) is 0 Å². The van der Waals surface area contributed by atoms with Crippen LogP contribution in [0.25, 0.3) is 30.9 Å². The van der Waals surface area contributed by atoms with E-state index >= 15 is 0 Å². The Morgan fingerprint density at radius 1 is 0.833 bits per heavy atom. The number of hydrogen-bond donors (Lipinski definition) is 1. The monoisotopic (exact) mass is 250 g/mol. The van der Waals surface area contributed by atoms with Gasteiger partial charge >= 0.3 is 0 Å². The highest BCUT2D eigenvalue weighted by Crippen LogP contribution is 2.42. The lowest BCUT2D eigenvalue weighted by Gasteiger charge is -2.02. The molecule has 0 saturated heterocycles. The van der Waals surface area contributed by atoms with Gasteiger partial charge in [-0.05, 0) is 22.9 Å². The number of phenolic OH excluding ortho intramolecular Hbond substituents is 1. The van der Waals surface area contributed by atoms with Gasteiger partial charge in [-0.25, -0.2) is 0 Å². The average molecular weight is 250 g/mol. The smallest absolute Gasteiger partial charge is 0.134 e. The molecule has 0 amide bonds. The number of hydrogen-bond acceptors (Lipinski definition) is 2. The Balaban J connectivity index is 2.41. The minimum atomic E-state index is 0.380. The van der Waals surface area contributed by atoms with Gasteiger partial charge in [0.2, 0.25) is 0 Å². The van der Waals surface area contributed by atoms with Crippen molar-refractivity contribution in [2.45, 2.75) is 0 Å². The van der Waals surface area contributed by atoms with Crippen LogP contribution in [0, 0.1) is 0 Å². The van der Waals surface area contributed by atoms with Crippen LogP contribution in [0.2, 0.25) is 0 Å². The van der Waals surface area contributed by atoms with Gasteiger partial charge < -0.3 is 5.11 Å². The topological polar surface area (TPSA) is 20.2 Å². The molecule has 0 saturated carbocycles. The van der Waals surface area contributed by atoms with Crippen molar-refractivity contribution in [1.82, 2.24) is 0 Å². The van der Waals surface area contributed by atoms with Gasteiger partial charge in [0.15, 0.2) is 0 Å². The Labute approximate surface area is 108 Å². The van der Waals surface area contributed by atoms with E-state index in [2.05, 4.69) is 18.2 Å². The predicted molar refractivity (Wildman–Crippen MR) is 78.5 cm³/mol. The zero-order valence-corrected chi connectivity index (χ0v) is 10.4. The van der Waals surface area contributed by atoms with Crippen molar-refractivity contribution in [2.75, 3.05) is 0 Å². The summed E-state index contributed by atoms with van der Waals surface area (Å²) in [4.78, 5) is 0. The van der Waals surface area contributed by atoms with Gasteiger partial charge in [-0.1, -0.05) is 42.5 Å². The zero-order valence-electron chi connectivity index (χ0n) is 9.55. The molecule has 0 fully saturated rings. The van der Waals surface area contributed by atoms with Crippen molar-refractivity contribution in [1.29, 1.82) is 0 Å². The second kappa shape index (κ2) is 3.47. The molecular weight excluding hydrogens is 240 g/mol. The third kappa shape index (κ3) is 1.21. The highest BCUT2D eigenvalue weighted by Gasteiger charge is 2.11. The summed E-state index contributed by atoms with van der Waals surface area (Å²) in [5, 5.41) is 14.9. The number of phenols is 1. The summed E-state index contributed by atoms with van der Waals surface area (Å²) >= 11 is 1.65. The Bertz CT molecular complexity index is 889. The van der Waals surface area contributed by atoms with Crippen LogP contribution in [0.15, 0.2) is 54.6 Å². The van der Waals surface area contributed by atoms with Crippen LogP contribution in [0.5, 0.6) is 5.75 Å². The first-order chi connectivity index (χ1) is 8.84. The summed E-state index contributed by atoms with van der Waals surface area (Å²) in [5.41, 5.74) is 0. The normalized spacial score (nSPS) is 11.6. The number of fused-ring (bicyclic) bond motifs is 5. The molecule has 0 aliphatic carbocycles. The van der Waals surface area contributed by atoms with Crippen molar-refractivity contribution in [3.63, 3.8) is 0 Å². The summed E-state index contributed by atoms with van der Waals surface area (Å²) in [6.45, 7) is 0. The molecule has 2 heteroatoms. The van der Waals surface area contributed by atoms with Crippen LogP contribution in [-0.2, 0) is 0 Å². The third-order valence-electron chi connectivity index (χ3n) is 3.35. The molecule has 18 heavy (non-hydrogen) atoms. The number of aromatic hydroxyl groups is 1. The Morgan fingerprint density at radius 2 is 1.56 bits per heavy atom. The van der Waals surface area contributed by atoms with E-state index in [9.17, 15) is 5.11 Å². The van der Waals surface area contributed by atoms with Gasteiger partial charge in [0.05, 0.1) is 4.70 Å². The van der Waals surface area contributed by atoms with Gasteiger partial charge in [-0.3, -0.25) is 0 Å². The first-order valence-corrected chi connectivity index (χ1v) is 6.68. The number of rotatable bonds is 0. The lowest BCUT2D eigenvalue weighted by atomic mass is 10.0. The Kier molecular flexibility index (Phi) is 1.91. The van der Waals surface area contributed by atoms with Crippen molar-refractivity contribution in [2.24, 2.45) is 0 Å². The van der Waals surface area contributed by atoms with Crippen molar-refractivity contribution in [3.05, 3.63) is 54.6 Å². The number of thiophene rings is 1. The van der Waals surface area contributed by atoms with E-state index in [-0.39, 0.29) is 0 Å². The average Bonchev–Trinajstić information content (AvgIpc) is 2.79. The predicted octanol–water partition coefficient (Wildman–Crippen LogP) is 4.91. The van der Waals surface area contributed by atoms with Crippen LogP contribution < -0.4 is 0 Å². The molecule has 0 spiro atoms. The molecule has 0 atom stereocenters. The van der Waals surface area contributed by atoms with Crippen molar-refractivity contribution in [3.8, 4) is 5.75 Å². The summed E-state index contributed by atoms with van der Waals surface area (Å²) in [6, 6.07) is 18.4. The Hall–Kier alpha value is -2.06. The van der Waals surface area contributed by atoms with Crippen molar-refractivity contribution >= 4 is 42.3 Å². The maximum atomic E-state index is 10.2. The van der Waals surface area contributed by atoms with E-state index in [0.717, 1.165) is 10.1 Å². The van der Waals surface area contributed by atoms with E-state index in [1.807, 2.05) is 36.4 Å². The molecule has 1 N–H and O–H groups in total. The fourth-order valence-electron chi connectivity index (χ4n) is 2.56. The van der Waals surface area contributed by atoms with E-state index < -0.39 is 0 Å². The Morgan fingerprint density at radius 3 is 2.44 bits per heavy atom. The lowest BCUT2D eigenvalue weighted by Crippen LogP contribution is -1.74. The standard InChI is InChI=1S/C16H10OS/c17-13-9-10-5-1-2-6-11(10)15-12-7-3-4-8-14(12)18-16(13)15/h1-9,17H. The molecule has 1 heterocycles. The summed E-state index contributed by atoms with van der Waals surface area (Å²) < 4.78 is 2.20. The maximum Gasteiger partial charge on any atom is 0.134 e. The van der Waals surface area contributed by atoms with Crippen LogP contribution >= 0.6 is 11.3 Å². The molecule has 1 aromatic heterocycles. The highest BCUT2D eigenvalue weighted by atomic mass is 32.1. The first-order valence-electron chi connectivity index (χ1n) is 5.86. The van der Waals surface area contributed by atoms with Gasteiger partial charge in [-0.2, -0.15) is 0 Å². The fraction of sp³-hybridized carbons (Fsp3) is 0. The van der Waals surface area contributed by atoms with Crippen LogP contribution in [0.1, 0.15) is 0 Å². The molecule has 1 nitrogen and oxygen atoms in total. The summed E-state index contributed by atoms with van der Waals surface area (Å²) in [5.74, 6) is 0.380. The van der Waals surface area contributed by atoms with E-state index in [0.29, 0.717) is 5.75 Å². The molecule has 0 unspecified atom stereocenters. The third-order valence-corrected chi connectivity index (χ3v) is 4.54. The second-order valence-electron chi connectivity index (χ2n) is 4.42. The quantitative estimate of drug-likeness (QED) is 0.470. The molecule has 86 valence electrons.